The van der Waals surface area contributed by atoms with Crippen LogP contribution < -0.4 is 15.5 Å². The molecular weight excluding hydrogens is 682 g/mol. The zero-order chi connectivity index (χ0) is 26.1. The number of carbonyl (C=O) groups excluding carboxylic acids is 2. The maximum atomic E-state index is 12.7. The van der Waals surface area contributed by atoms with Gasteiger partial charge in [-0.15, -0.1) is 0 Å². The third-order valence-electron chi connectivity index (χ3n) is 5.15. The quantitative estimate of drug-likeness (QED) is 0.180. The summed E-state index contributed by atoms with van der Waals surface area (Å²) in [7, 11) is 0. The van der Waals surface area contributed by atoms with Crippen LogP contribution in [-0.2, 0) is 11.4 Å². The van der Waals surface area contributed by atoms with Gasteiger partial charge >= 0.3 is 0 Å². The van der Waals surface area contributed by atoms with Gasteiger partial charge in [0.25, 0.3) is 11.8 Å². The lowest BCUT2D eigenvalue weighted by Gasteiger charge is -2.20. The number of benzene rings is 3. The fourth-order valence-electron chi connectivity index (χ4n) is 3.21. The number of nitrogens with one attached hydrogen (secondary N) is 2. The lowest BCUT2D eigenvalue weighted by molar-refractivity contribution is -0.123. The zero-order valence-corrected chi connectivity index (χ0v) is 24.0. The minimum absolute atomic E-state index is 0.123. The highest BCUT2D eigenvalue weighted by atomic mass is 127. The lowest BCUT2D eigenvalue weighted by atomic mass is 10.0. The molecule has 0 saturated carbocycles. The van der Waals surface area contributed by atoms with Gasteiger partial charge in [0.2, 0.25) is 0 Å². The molecule has 0 aliphatic heterocycles. The standard InChI is InChI=1S/C27H24I2N4O3/c1-17(2)24(32-26(34)21-6-4-3-5-7-21)27(35)33-31-15-20-12-22(28)25(23(29)13-20)36-16-19-10-8-18(14-30)9-11-19/h3-13,15,17,24H,16H2,1-2H3,(H,32,34)(H,33,35)/b31-15+. The maximum Gasteiger partial charge on any atom is 0.262 e. The molecule has 0 fully saturated rings. The SMILES string of the molecule is CC(C)C(NC(=O)c1ccccc1)C(=O)N/N=C/c1cc(I)c(OCc2ccc(C#N)cc2)c(I)c1. The number of hydrazone groups is 1. The average Bonchev–Trinajstić information content (AvgIpc) is 2.87. The van der Waals surface area contributed by atoms with Crippen LogP contribution in [0.2, 0.25) is 0 Å². The average molecular weight is 706 g/mol. The first-order chi connectivity index (χ1) is 17.3. The summed E-state index contributed by atoms with van der Waals surface area (Å²) in [5, 5.41) is 15.8. The van der Waals surface area contributed by atoms with Crippen LogP contribution in [0.15, 0.2) is 71.8 Å². The number of hydrogen-bond donors (Lipinski definition) is 2. The van der Waals surface area contributed by atoms with Gasteiger partial charge < -0.3 is 10.1 Å². The molecule has 2 amide bonds. The summed E-state index contributed by atoms with van der Waals surface area (Å²) in [5.74, 6) is -0.0704. The molecule has 0 spiro atoms. The van der Waals surface area contributed by atoms with Crippen molar-refractivity contribution in [3.63, 3.8) is 0 Å². The van der Waals surface area contributed by atoms with E-state index in [0.717, 1.165) is 24.0 Å². The van der Waals surface area contributed by atoms with Crippen molar-refractivity contribution in [1.82, 2.24) is 10.7 Å². The van der Waals surface area contributed by atoms with Crippen molar-refractivity contribution >= 4 is 63.2 Å². The second-order valence-corrected chi connectivity index (χ2v) is 10.5. The largest absolute Gasteiger partial charge is 0.487 e. The molecule has 0 heterocycles. The van der Waals surface area contributed by atoms with E-state index >= 15 is 0 Å². The van der Waals surface area contributed by atoms with Gasteiger partial charge in [-0.2, -0.15) is 10.4 Å². The maximum absolute atomic E-state index is 12.7. The zero-order valence-electron chi connectivity index (χ0n) is 19.7. The molecule has 3 aromatic rings. The van der Waals surface area contributed by atoms with Crippen LogP contribution in [0.5, 0.6) is 5.75 Å². The molecule has 0 saturated heterocycles. The van der Waals surface area contributed by atoms with E-state index in [-0.39, 0.29) is 11.8 Å². The van der Waals surface area contributed by atoms with Crippen LogP contribution in [0.1, 0.15) is 40.9 Å². The minimum Gasteiger partial charge on any atom is -0.487 e. The van der Waals surface area contributed by atoms with E-state index in [9.17, 15) is 9.59 Å². The van der Waals surface area contributed by atoms with Gasteiger partial charge in [0.05, 0.1) is 25.0 Å². The topological polar surface area (TPSA) is 104 Å². The molecule has 1 unspecified atom stereocenters. The van der Waals surface area contributed by atoms with Crippen LogP contribution in [-0.4, -0.2) is 24.1 Å². The Morgan fingerprint density at radius 1 is 1.06 bits per heavy atom. The molecule has 0 aliphatic carbocycles. The van der Waals surface area contributed by atoms with Crippen LogP contribution in [0.3, 0.4) is 0 Å². The first kappa shape index (κ1) is 27.6. The molecular formula is C27H24I2N4O3. The van der Waals surface area contributed by atoms with Crippen LogP contribution in [0.4, 0.5) is 0 Å². The normalized spacial score (nSPS) is 11.7. The highest BCUT2D eigenvalue weighted by Crippen LogP contribution is 2.29. The van der Waals surface area contributed by atoms with Gasteiger partial charge in [-0.25, -0.2) is 5.43 Å². The molecule has 184 valence electrons. The Hall–Kier alpha value is -2.98. The summed E-state index contributed by atoms with van der Waals surface area (Å²) < 4.78 is 7.80. The van der Waals surface area contributed by atoms with Crippen LogP contribution in [0, 0.1) is 24.4 Å². The summed E-state index contributed by atoms with van der Waals surface area (Å²) >= 11 is 4.40. The summed E-state index contributed by atoms with van der Waals surface area (Å²) in [4.78, 5) is 25.2. The van der Waals surface area contributed by atoms with E-state index in [1.54, 1.807) is 42.6 Å². The summed E-state index contributed by atoms with van der Waals surface area (Å²) in [5.41, 5.74) is 5.40. The number of carbonyl (C=O) groups is 2. The Kier molecular flexibility index (Phi) is 10.2. The molecule has 0 aromatic heterocycles. The van der Waals surface area contributed by atoms with Gasteiger partial charge in [0.1, 0.15) is 18.4 Å². The summed E-state index contributed by atoms with van der Waals surface area (Å²) in [6, 6.07) is 21.2. The van der Waals surface area contributed by atoms with Crippen molar-refractivity contribution in [3.8, 4) is 11.8 Å². The predicted octanol–water partition coefficient (Wildman–Crippen LogP) is 5.25. The number of nitrogens with zero attached hydrogens (tertiary/aromatic N) is 2. The lowest BCUT2D eigenvalue weighted by Crippen LogP contribution is -2.48. The highest BCUT2D eigenvalue weighted by molar-refractivity contribution is 14.1. The Labute approximate surface area is 237 Å². The Morgan fingerprint density at radius 2 is 1.69 bits per heavy atom. The highest BCUT2D eigenvalue weighted by Gasteiger charge is 2.24. The second-order valence-electron chi connectivity index (χ2n) is 8.21. The molecule has 1 atom stereocenters. The van der Waals surface area contributed by atoms with Crippen molar-refractivity contribution in [1.29, 1.82) is 5.26 Å². The van der Waals surface area contributed by atoms with Crippen LogP contribution in [0.25, 0.3) is 0 Å². The molecule has 3 rings (SSSR count). The Balaban J connectivity index is 1.61. The molecule has 0 aliphatic rings. The van der Waals surface area contributed by atoms with E-state index in [2.05, 4.69) is 67.1 Å². The number of hydrogen-bond acceptors (Lipinski definition) is 5. The first-order valence-electron chi connectivity index (χ1n) is 11.1. The minimum atomic E-state index is -0.729. The van der Waals surface area contributed by atoms with Gasteiger partial charge in [0.15, 0.2) is 0 Å². The van der Waals surface area contributed by atoms with Gasteiger partial charge in [0, 0.05) is 5.56 Å². The monoisotopic (exact) mass is 706 g/mol. The molecule has 0 radical (unpaired) electrons. The van der Waals surface area contributed by atoms with E-state index < -0.39 is 11.9 Å². The van der Waals surface area contributed by atoms with E-state index in [1.807, 2.05) is 44.2 Å². The summed E-state index contributed by atoms with van der Waals surface area (Å²) in [6.07, 6.45) is 1.56. The predicted molar refractivity (Wildman–Crippen MR) is 156 cm³/mol. The van der Waals surface area contributed by atoms with Crippen molar-refractivity contribution in [2.45, 2.75) is 26.5 Å². The second kappa shape index (κ2) is 13.4. The number of halogens is 2. The van der Waals surface area contributed by atoms with E-state index in [4.69, 9.17) is 10.00 Å². The molecule has 7 nitrogen and oxygen atoms in total. The molecule has 36 heavy (non-hydrogen) atoms. The van der Waals surface area contributed by atoms with E-state index in [0.29, 0.717) is 17.7 Å². The van der Waals surface area contributed by atoms with Crippen molar-refractivity contribution < 1.29 is 14.3 Å². The smallest absolute Gasteiger partial charge is 0.262 e. The summed E-state index contributed by atoms with van der Waals surface area (Å²) in [6.45, 7) is 4.10. The molecule has 2 N–H and O–H groups in total. The Bertz CT molecular complexity index is 1260. The third-order valence-corrected chi connectivity index (χ3v) is 6.75. The molecule has 0 bridgehead atoms. The number of ether oxygens (including phenoxy) is 1. The van der Waals surface area contributed by atoms with Gasteiger partial charge in [-0.3, -0.25) is 9.59 Å². The number of rotatable bonds is 9. The number of nitriles is 1. The Morgan fingerprint density at radius 3 is 2.28 bits per heavy atom. The fraction of sp³-hybridized carbons (Fsp3) is 0.185. The van der Waals surface area contributed by atoms with E-state index in [1.165, 1.54) is 0 Å². The molecule has 9 heteroatoms. The van der Waals surface area contributed by atoms with Crippen molar-refractivity contribution in [2.75, 3.05) is 0 Å². The van der Waals surface area contributed by atoms with Crippen LogP contribution >= 0.6 is 45.2 Å². The fourth-order valence-corrected chi connectivity index (χ4v) is 5.34. The first-order valence-corrected chi connectivity index (χ1v) is 13.2. The third kappa shape index (κ3) is 7.76. The molecule has 3 aromatic carbocycles. The van der Waals surface area contributed by atoms with Gasteiger partial charge in [-0.1, -0.05) is 44.2 Å². The number of amides is 2. The van der Waals surface area contributed by atoms with Crippen molar-refractivity contribution in [2.24, 2.45) is 11.0 Å². The van der Waals surface area contributed by atoms with Crippen molar-refractivity contribution in [3.05, 3.63) is 96.1 Å². The van der Waals surface area contributed by atoms with Gasteiger partial charge in [-0.05, 0) is 98.6 Å².